The van der Waals surface area contributed by atoms with E-state index in [1.165, 1.54) is 32.7 Å². The van der Waals surface area contributed by atoms with Crippen molar-refractivity contribution in [3.8, 4) is 0 Å². The van der Waals surface area contributed by atoms with E-state index < -0.39 is 0 Å². The van der Waals surface area contributed by atoms with Crippen LogP contribution in [0.15, 0.2) is 0 Å². The summed E-state index contributed by atoms with van der Waals surface area (Å²) in [5.41, 5.74) is 0. The minimum absolute atomic E-state index is 0.640. The van der Waals surface area contributed by atoms with Crippen LogP contribution in [0.1, 0.15) is 20.8 Å². The SMILES string of the molecule is CC(C)[C@H](C)NC[C@@H]1CN2CCN1CC2. The van der Waals surface area contributed by atoms with E-state index in [0.29, 0.717) is 6.04 Å². The van der Waals surface area contributed by atoms with Crippen molar-refractivity contribution >= 4 is 0 Å². The molecule has 0 unspecified atom stereocenters. The van der Waals surface area contributed by atoms with Gasteiger partial charge in [-0.15, -0.1) is 0 Å². The van der Waals surface area contributed by atoms with Gasteiger partial charge in [-0.25, -0.2) is 0 Å². The smallest absolute Gasteiger partial charge is 0.0349 e. The highest BCUT2D eigenvalue weighted by Crippen LogP contribution is 2.15. The van der Waals surface area contributed by atoms with Crippen LogP contribution in [0, 0.1) is 5.92 Å². The fourth-order valence-corrected chi connectivity index (χ4v) is 2.48. The van der Waals surface area contributed by atoms with Crippen LogP contribution in [0.2, 0.25) is 0 Å². The van der Waals surface area contributed by atoms with E-state index in [0.717, 1.165) is 18.5 Å². The van der Waals surface area contributed by atoms with E-state index in [1.54, 1.807) is 0 Å². The zero-order valence-corrected chi connectivity index (χ0v) is 10.4. The van der Waals surface area contributed by atoms with Crippen molar-refractivity contribution < 1.29 is 0 Å². The van der Waals surface area contributed by atoms with Crippen LogP contribution in [-0.4, -0.2) is 61.2 Å². The van der Waals surface area contributed by atoms with E-state index in [9.17, 15) is 0 Å². The van der Waals surface area contributed by atoms with E-state index in [1.807, 2.05) is 0 Å². The number of piperazine rings is 3. The highest BCUT2D eigenvalue weighted by atomic mass is 15.3. The van der Waals surface area contributed by atoms with Crippen LogP contribution in [0.5, 0.6) is 0 Å². The Labute approximate surface area is 93.8 Å². The number of nitrogens with one attached hydrogen (secondary N) is 1. The molecule has 0 aromatic heterocycles. The molecule has 3 heteroatoms. The van der Waals surface area contributed by atoms with Crippen molar-refractivity contribution in [2.24, 2.45) is 5.92 Å². The third-order valence-electron chi connectivity index (χ3n) is 4.07. The molecule has 3 aliphatic heterocycles. The second-order valence-corrected chi connectivity index (χ2v) is 5.43. The van der Waals surface area contributed by atoms with Gasteiger partial charge in [0.25, 0.3) is 0 Å². The third-order valence-corrected chi connectivity index (χ3v) is 4.07. The van der Waals surface area contributed by atoms with Crippen molar-refractivity contribution in [3.05, 3.63) is 0 Å². The Bertz CT molecular complexity index is 197. The monoisotopic (exact) mass is 211 g/mol. The maximum absolute atomic E-state index is 3.67. The zero-order valence-electron chi connectivity index (χ0n) is 10.4. The van der Waals surface area contributed by atoms with Crippen molar-refractivity contribution in [1.29, 1.82) is 0 Å². The Hall–Kier alpha value is -0.120. The second kappa shape index (κ2) is 4.81. The normalized spacial score (nSPS) is 37.2. The second-order valence-electron chi connectivity index (χ2n) is 5.43. The van der Waals surface area contributed by atoms with Crippen LogP contribution >= 0.6 is 0 Å². The molecule has 0 amide bonds. The van der Waals surface area contributed by atoms with Gasteiger partial charge in [0.1, 0.15) is 0 Å². The summed E-state index contributed by atoms with van der Waals surface area (Å²) in [6, 6.07) is 1.40. The van der Waals surface area contributed by atoms with Crippen molar-refractivity contribution in [3.63, 3.8) is 0 Å². The molecule has 1 N–H and O–H groups in total. The summed E-state index contributed by atoms with van der Waals surface area (Å²) in [5.74, 6) is 0.737. The van der Waals surface area contributed by atoms with Gasteiger partial charge in [0.2, 0.25) is 0 Å². The summed E-state index contributed by atoms with van der Waals surface area (Å²) < 4.78 is 0. The summed E-state index contributed by atoms with van der Waals surface area (Å²) in [7, 11) is 0. The van der Waals surface area contributed by atoms with Crippen LogP contribution in [-0.2, 0) is 0 Å². The quantitative estimate of drug-likeness (QED) is 0.735. The lowest BCUT2D eigenvalue weighted by Gasteiger charge is -2.47. The van der Waals surface area contributed by atoms with Gasteiger partial charge in [0, 0.05) is 51.4 Å². The number of nitrogens with zero attached hydrogens (tertiary/aromatic N) is 2. The maximum atomic E-state index is 3.67. The molecule has 15 heavy (non-hydrogen) atoms. The van der Waals surface area contributed by atoms with E-state index in [2.05, 4.69) is 35.9 Å². The number of rotatable bonds is 4. The largest absolute Gasteiger partial charge is 0.312 e. The van der Waals surface area contributed by atoms with Crippen LogP contribution in [0.3, 0.4) is 0 Å². The molecule has 0 radical (unpaired) electrons. The fourth-order valence-electron chi connectivity index (χ4n) is 2.48. The molecule has 3 aliphatic rings. The third kappa shape index (κ3) is 2.71. The van der Waals surface area contributed by atoms with Crippen molar-refractivity contribution in [2.45, 2.75) is 32.9 Å². The van der Waals surface area contributed by atoms with Gasteiger partial charge in [0.05, 0.1) is 0 Å². The summed E-state index contributed by atoms with van der Waals surface area (Å²) in [4.78, 5) is 5.26. The molecule has 0 aromatic rings. The average Bonchev–Trinajstić information content (AvgIpc) is 2.27. The molecular formula is C12H25N3. The summed E-state index contributed by atoms with van der Waals surface area (Å²) in [5, 5.41) is 3.67. The topological polar surface area (TPSA) is 18.5 Å². The van der Waals surface area contributed by atoms with Crippen molar-refractivity contribution in [2.75, 3.05) is 39.3 Å². The maximum Gasteiger partial charge on any atom is 0.0349 e. The lowest BCUT2D eigenvalue weighted by molar-refractivity contribution is 0.0124. The number of fused-ring (bicyclic) bond motifs is 3. The summed E-state index contributed by atoms with van der Waals surface area (Å²) in [6.07, 6.45) is 0. The minimum atomic E-state index is 0.640. The molecule has 88 valence electrons. The van der Waals surface area contributed by atoms with Gasteiger partial charge in [-0.05, 0) is 12.8 Å². The Balaban J connectivity index is 1.75. The van der Waals surface area contributed by atoms with Gasteiger partial charge >= 0.3 is 0 Å². The Kier molecular flexibility index (Phi) is 3.65. The van der Waals surface area contributed by atoms with Crippen LogP contribution < -0.4 is 5.32 Å². The standard InChI is InChI=1S/C12H25N3/c1-10(2)11(3)13-8-12-9-14-4-6-15(12)7-5-14/h10-13H,4-9H2,1-3H3/t11-,12+/m0/s1. The minimum Gasteiger partial charge on any atom is -0.312 e. The Morgan fingerprint density at radius 1 is 1.13 bits per heavy atom. The van der Waals surface area contributed by atoms with Gasteiger partial charge in [-0.1, -0.05) is 13.8 Å². The molecule has 3 rings (SSSR count). The highest BCUT2D eigenvalue weighted by Gasteiger charge is 2.31. The molecule has 3 nitrogen and oxygen atoms in total. The molecule has 3 fully saturated rings. The van der Waals surface area contributed by atoms with E-state index in [-0.39, 0.29) is 0 Å². The van der Waals surface area contributed by atoms with Gasteiger partial charge < -0.3 is 5.32 Å². The van der Waals surface area contributed by atoms with Gasteiger partial charge in [-0.3, -0.25) is 9.80 Å². The van der Waals surface area contributed by atoms with Crippen molar-refractivity contribution in [1.82, 2.24) is 15.1 Å². The molecule has 2 bridgehead atoms. The summed E-state index contributed by atoms with van der Waals surface area (Å²) >= 11 is 0. The number of hydrogen-bond donors (Lipinski definition) is 1. The molecule has 0 spiro atoms. The lowest BCUT2D eigenvalue weighted by atomic mass is 10.0. The predicted octanol–water partition coefficient (Wildman–Crippen LogP) is 0.620. The van der Waals surface area contributed by atoms with E-state index >= 15 is 0 Å². The molecule has 0 aromatic carbocycles. The first kappa shape index (κ1) is 11.4. The summed E-state index contributed by atoms with van der Waals surface area (Å²) in [6.45, 7) is 14.4. The molecule has 3 heterocycles. The lowest BCUT2D eigenvalue weighted by Crippen LogP contribution is -2.63. The van der Waals surface area contributed by atoms with Gasteiger partial charge in [0.15, 0.2) is 0 Å². The molecule has 2 atom stereocenters. The molecular weight excluding hydrogens is 186 g/mol. The first-order valence-corrected chi connectivity index (χ1v) is 6.36. The van der Waals surface area contributed by atoms with Gasteiger partial charge in [-0.2, -0.15) is 0 Å². The molecule has 0 saturated carbocycles. The predicted molar refractivity (Wildman–Crippen MR) is 64.1 cm³/mol. The van der Waals surface area contributed by atoms with Crippen LogP contribution in [0.25, 0.3) is 0 Å². The average molecular weight is 211 g/mol. The first-order valence-electron chi connectivity index (χ1n) is 6.36. The highest BCUT2D eigenvalue weighted by molar-refractivity contribution is 4.89. The first-order chi connectivity index (χ1) is 7.16. The fraction of sp³-hybridized carbons (Fsp3) is 1.00. The number of hydrogen-bond acceptors (Lipinski definition) is 3. The molecule has 0 aliphatic carbocycles. The van der Waals surface area contributed by atoms with Crippen LogP contribution in [0.4, 0.5) is 0 Å². The molecule has 3 saturated heterocycles. The van der Waals surface area contributed by atoms with E-state index in [4.69, 9.17) is 0 Å². The zero-order chi connectivity index (χ0) is 10.8. The Morgan fingerprint density at radius 3 is 2.27 bits per heavy atom. The Morgan fingerprint density at radius 2 is 1.80 bits per heavy atom.